The van der Waals surface area contributed by atoms with Gasteiger partial charge in [0.25, 0.3) is 0 Å². The van der Waals surface area contributed by atoms with E-state index in [1.54, 1.807) is 0 Å². The second kappa shape index (κ2) is 7.59. The Kier molecular flexibility index (Phi) is 5.04. The minimum absolute atomic E-state index is 0.496. The Balaban J connectivity index is 1.36. The summed E-state index contributed by atoms with van der Waals surface area (Å²) in [5.41, 5.74) is 2.79. The Morgan fingerprint density at radius 2 is 1.68 bits per heavy atom. The molecular formula is C22H28N2O. The van der Waals surface area contributed by atoms with Crippen LogP contribution in [0.1, 0.15) is 36.4 Å². The molecule has 2 heterocycles. The number of para-hydroxylation sites is 1. The van der Waals surface area contributed by atoms with Crippen LogP contribution >= 0.6 is 0 Å². The van der Waals surface area contributed by atoms with Crippen LogP contribution in [0.4, 0.5) is 0 Å². The van der Waals surface area contributed by atoms with E-state index in [4.69, 9.17) is 4.74 Å². The number of likely N-dealkylation sites (tertiary alicyclic amines) is 1. The third kappa shape index (κ3) is 3.73. The highest BCUT2D eigenvalue weighted by atomic mass is 16.5. The van der Waals surface area contributed by atoms with E-state index in [1.165, 1.54) is 37.1 Å². The molecule has 0 aromatic heterocycles. The number of hydrogen-bond donors (Lipinski definition) is 0. The SMILES string of the molecule is CN(C1CCN(Cc2ccccc2)CC1)[C@H]1CCOc2ccccc21. The quantitative estimate of drug-likeness (QED) is 0.836. The van der Waals surface area contributed by atoms with Crippen molar-refractivity contribution in [1.29, 1.82) is 0 Å². The van der Waals surface area contributed by atoms with Gasteiger partial charge in [-0.25, -0.2) is 0 Å². The number of nitrogens with zero attached hydrogens (tertiary/aromatic N) is 2. The normalized spacial score (nSPS) is 21.8. The molecule has 2 aliphatic rings. The zero-order chi connectivity index (χ0) is 17.1. The zero-order valence-electron chi connectivity index (χ0n) is 15.1. The van der Waals surface area contributed by atoms with Gasteiger partial charge in [-0.2, -0.15) is 0 Å². The Hall–Kier alpha value is -1.84. The predicted octanol–water partition coefficient (Wildman–Crippen LogP) is 4.11. The average molecular weight is 336 g/mol. The highest BCUT2D eigenvalue weighted by Gasteiger charge is 2.31. The fourth-order valence-electron chi connectivity index (χ4n) is 4.33. The van der Waals surface area contributed by atoms with Crippen molar-refractivity contribution in [2.45, 2.75) is 37.9 Å². The first-order valence-corrected chi connectivity index (χ1v) is 9.51. The summed E-state index contributed by atoms with van der Waals surface area (Å²) in [7, 11) is 2.31. The van der Waals surface area contributed by atoms with Crippen molar-refractivity contribution in [2.24, 2.45) is 0 Å². The first-order chi connectivity index (χ1) is 12.3. The fourth-order valence-corrected chi connectivity index (χ4v) is 4.33. The van der Waals surface area contributed by atoms with Crippen LogP contribution in [0.2, 0.25) is 0 Å². The summed E-state index contributed by atoms with van der Waals surface area (Å²) in [6.07, 6.45) is 3.60. The highest BCUT2D eigenvalue weighted by Crippen LogP contribution is 2.37. The number of ether oxygens (including phenoxy) is 1. The van der Waals surface area contributed by atoms with Crippen molar-refractivity contribution in [3.8, 4) is 5.75 Å². The van der Waals surface area contributed by atoms with E-state index in [9.17, 15) is 0 Å². The van der Waals surface area contributed by atoms with Crippen molar-refractivity contribution < 1.29 is 4.74 Å². The molecule has 0 bridgehead atoms. The Bertz CT molecular complexity index is 679. The number of fused-ring (bicyclic) bond motifs is 1. The average Bonchev–Trinajstić information content (AvgIpc) is 2.68. The predicted molar refractivity (Wildman–Crippen MR) is 102 cm³/mol. The van der Waals surface area contributed by atoms with E-state index in [1.807, 2.05) is 0 Å². The van der Waals surface area contributed by atoms with Crippen molar-refractivity contribution in [3.63, 3.8) is 0 Å². The minimum atomic E-state index is 0.496. The summed E-state index contributed by atoms with van der Waals surface area (Å²) in [5, 5.41) is 0. The zero-order valence-corrected chi connectivity index (χ0v) is 15.1. The molecule has 3 heteroatoms. The minimum Gasteiger partial charge on any atom is -0.493 e. The van der Waals surface area contributed by atoms with E-state index in [-0.39, 0.29) is 0 Å². The van der Waals surface area contributed by atoms with Gasteiger partial charge < -0.3 is 4.74 Å². The van der Waals surface area contributed by atoms with E-state index < -0.39 is 0 Å². The summed E-state index contributed by atoms with van der Waals surface area (Å²) >= 11 is 0. The fraction of sp³-hybridized carbons (Fsp3) is 0.455. The number of benzene rings is 2. The van der Waals surface area contributed by atoms with E-state index in [0.717, 1.165) is 25.3 Å². The molecule has 0 unspecified atom stereocenters. The first kappa shape index (κ1) is 16.6. The van der Waals surface area contributed by atoms with Gasteiger partial charge in [-0.1, -0.05) is 48.5 Å². The lowest BCUT2D eigenvalue weighted by molar-refractivity contribution is 0.0735. The molecule has 1 fully saturated rings. The molecular weight excluding hydrogens is 308 g/mol. The van der Waals surface area contributed by atoms with Crippen LogP contribution in [0.3, 0.4) is 0 Å². The molecule has 25 heavy (non-hydrogen) atoms. The van der Waals surface area contributed by atoms with Crippen LogP contribution < -0.4 is 4.74 Å². The molecule has 0 spiro atoms. The summed E-state index contributed by atoms with van der Waals surface area (Å²) in [5.74, 6) is 1.08. The van der Waals surface area contributed by atoms with E-state index in [0.29, 0.717) is 12.1 Å². The summed E-state index contributed by atoms with van der Waals surface area (Å²) in [4.78, 5) is 5.21. The summed E-state index contributed by atoms with van der Waals surface area (Å²) in [6, 6.07) is 20.6. The van der Waals surface area contributed by atoms with Crippen molar-refractivity contribution >= 4 is 0 Å². The van der Waals surface area contributed by atoms with Crippen LogP contribution in [0.15, 0.2) is 54.6 Å². The lowest BCUT2D eigenvalue weighted by atomic mass is 9.95. The third-order valence-electron chi connectivity index (χ3n) is 5.80. The molecule has 1 saturated heterocycles. The number of rotatable bonds is 4. The van der Waals surface area contributed by atoms with Crippen molar-refractivity contribution in [1.82, 2.24) is 9.80 Å². The molecule has 0 aliphatic carbocycles. The Labute approximate surface area is 151 Å². The monoisotopic (exact) mass is 336 g/mol. The van der Waals surface area contributed by atoms with Crippen LogP contribution in [0.5, 0.6) is 5.75 Å². The van der Waals surface area contributed by atoms with Crippen LogP contribution in [0.25, 0.3) is 0 Å². The summed E-state index contributed by atoms with van der Waals surface area (Å²) < 4.78 is 5.84. The van der Waals surface area contributed by atoms with Gasteiger partial charge in [0.2, 0.25) is 0 Å². The maximum atomic E-state index is 5.84. The molecule has 2 aromatic rings. The van der Waals surface area contributed by atoms with E-state index >= 15 is 0 Å². The molecule has 132 valence electrons. The number of piperidine rings is 1. The maximum absolute atomic E-state index is 5.84. The second-order valence-electron chi connectivity index (χ2n) is 7.35. The topological polar surface area (TPSA) is 15.7 Å². The molecule has 0 amide bonds. The number of hydrogen-bond acceptors (Lipinski definition) is 3. The molecule has 0 radical (unpaired) electrons. The first-order valence-electron chi connectivity index (χ1n) is 9.51. The van der Waals surface area contributed by atoms with Gasteiger partial charge in [-0.05, 0) is 44.6 Å². The van der Waals surface area contributed by atoms with Crippen LogP contribution in [-0.4, -0.2) is 42.6 Å². The molecule has 2 aromatic carbocycles. The smallest absolute Gasteiger partial charge is 0.124 e. The van der Waals surface area contributed by atoms with Gasteiger partial charge in [0.05, 0.1) is 6.61 Å². The molecule has 4 rings (SSSR count). The Morgan fingerprint density at radius 1 is 0.960 bits per heavy atom. The lowest BCUT2D eigenvalue weighted by Crippen LogP contribution is -2.45. The summed E-state index contributed by atoms with van der Waals surface area (Å²) in [6.45, 7) is 4.29. The maximum Gasteiger partial charge on any atom is 0.124 e. The lowest BCUT2D eigenvalue weighted by Gasteiger charge is -2.42. The molecule has 2 aliphatic heterocycles. The molecule has 0 N–H and O–H groups in total. The van der Waals surface area contributed by atoms with Gasteiger partial charge in [0.15, 0.2) is 0 Å². The van der Waals surface area contributed by atoms with Gasteiger partial charge in [0, 0.05) is 30.6 Å². The van der Waals surface area contributed by atoms with Crippen LogP contribution in [0, 0.1) is 0 Å². The third-order valence-corrected chi connectivity index (χ3v) is 5.80. The van der Waals surface area contributed by atoms with E-state index in [2.05, 4.69) is 71.4 Å². The van der Waals surface area contributed by atoms with Crippen LogP contribution in [-0.2, 0) is 6.54 Å². The standard InChI is InChI=1S/C22H28N2O/c1-23(21-13-16-25-22-10-6-5-9-20(21)22)19-11-14-24(15-12-19)17-18-7-3-2-4-8-18/h2-10,19,21H,11-17H2,1H3/t21-/m0/s1. The second-order valence-corrected chi connectivity index (χ2v) is 7.35. The van der Waals surface area contributed by atoms with Crippen molar-refractivity contribution in [2.75, 3.05) is 26.7 Å². The highest BCUT2D eigenvalue weighted by molar-refractivity contribution is 5.37. The largest absolute Gasteiger partial charge is 0.493 e. The van der Waals surface area contributed by atoms with Gasteiger partial charge in [-0.15, -0.1) is 0 Å². The van der Waals surface area contributed by atoms with Gasteiger partial charge >= 0.3 is 0 Å². The van der Waals surface area contributed by atoms with Gasteiger partial charge in [0.1, 0.15) is 5.75 Å². The molecule has 0 saturated carbocycles. The van der Waals surface area contributed by atoms with Gasteiger partial charge in [-0.3, -0.25) is 9.80 Å². The molecule has 3 nitrogen and oxygen atoms in total. The van der Waals surface area contributed by atoms with Crippen molar-refractivity contribution in [3.05, 3.63) is 65.7 Å². The Morgan fingerprint density at radius 3 is 2.48 bits per heavy atom. The molecule has 1 atom stereocenters.